The zero-order chi connectivity index (χ0) is 11.6. The van der Waals surface area contributed by atoms with Crippen molar-refractivity contribution in [1.82, 2.24) is 4.90 Å². The Labute approximate surface area is 98.8 Å². The first-order chi connectivity index (χ1) is 7.62. The SMILES string of the molecule is CC1(C)O[C@H](CO)CN1CC1CCCCC1. The number of aliphatic hydroxyl groups excluding tert-OH is 1. The van der Waals surface area contributed by atoms with Crippen LogP contribution < -0.4 is 0 Å². The monoisotopic (exact) mass is 227 g/mol. The molecule has 0 radical (unpaired) electrons. The van der Waals surface area contributed by atoms with Gasteiger partial charge in [-0.05, 0) is 32.6 Å². The van der Waals surface area contributed by atoms with Crippen molar-refractivity contribution in [3.05, 3.63) is 0 Å². The third kappa shape index (κ3) is 2.76. The van der Waals surface area contributed by atoms with Crippen LogP contribution in [0.5, 0.6) is 0 Å². The van der Waals surface area contributed by atoms with Crippen LogP contribution in [-0.2, 0) is 4.74 Å². The minimum absolute atomic E-state index is 0.0126. The minimum Gasteiger partial charge on any atom is -0.394 e. The van der Waals surface area contributed by atoms with E-state index in [4.69, 9.17) is 4.74 Å². The summed E-state index contributed by atoms with van der Waals surface area (Å²) in [5.74, 6) is 0.842. The summed E-state index contributed by atoms with van der Waals surface area (Å²) in [5, 5.41) is 9.17. The second-order valence-corrected chi connectivity index (χ2v) is 5.78. The van der Waals surface area contributed by atoms with Gasteiger partial charge in [0, 0.05) is 13.1 Å². The Morgan fingerprint density at radius 2 is 1.94 bits per heavy atom. The molecular formula is C13H25NO2. The minimum atomic E-state index is -0.190. The zero-order valence-corrected chi connectivity index (χ0v) is 10.6. The van der Waals surface area contributed by atoms with Crippen LogP contribution in [0.25, 0.3) is 0 Å². The molecule has 1 heterocycles. The largest absolute Gasteiger partial charge is 0.394 e. The third-order valence-corrected chi connectivity index (χ3v) is 4.05. The molecule has 1 N–H and O–H groups in total. The Morgan fingerprint density at radius 3 is 2.50 bits per heavy atom. The highest BCUT2D eigenvalue weighted by atomic mass is 16.5. The molecule has 0 amide bonds. The van der Waals surface area contributed by atoms with Gasteiger partial charge in [0.2, 0.25) is 0 Å². The molecule has 3 heteroatoms. The Bertz CT molecular complexity index is 224. The van der Waals surface area contributed by atoms with Crippen LogP contribution in [-0.4, -0.2) is 41.5 Å². The van der Waals surface area contributed by atoms with Crippen LogP contribution in [0.2, 0.25) is 0 Å². The van der Waals surface area contributed by atoms with Gasteiger partial charge in [-0.2, -0.15) is 0 Å². The maximum atomic E-state index is 9.17. The number of hydrogen-bond donors (Lipinski definition) is 1. The molecule has 2 rings (SSSR count). The van der Waals surface area contributed by atoms with Crippen molar-refractivity contribution in [1.29, 1.82) is 0 Å². The topological polar surface area (TPSA) is 32.7 Å². The maximum absolute atomic E-state index is 9.17. The lowest BCUT2D eigenvalue weighted by atomic mass is 9.88. The van der Waals surface area contributed by atoms with Crippen molar-refractivity contribution < 1.29 is 9.84 Å². The molecule has 1 saturated carbocycles. The molecular weight excluding hydrogens is 202 g/mol. The average Bonchev–Trinajstić information content (AvgIpc) is 2.55. The van der Waals surface area contributed by atoms with Gasteiger partial charge in [-0.1, -0.05) is 19.3 Å². The summed E-state index contributed by atoms with van der Waals surface area (Å²) in [5.41, 5.74) is -0.190. The van der Waals surface area contributed by atoms with E-state index >= 15 is 0 Å². The van der Waals surface area contributed by atoms with Gasteiger partial charge in [-0.15, -0.1) is 0 Å². The van der Waals surface area contributed by atoms with Crippen LogP contribution >= 0.6 is 0 Å². The molecule has 94 valence electrons. The first kappa shape index (κ1) is 12.3. The van der Waals surface area contributed by atoms with Gasteiger partial charge in [0.1, 0.15) is 5.72 Å². The van der Waals surface area contributed by atoms with Gasteiger partial charge in [0.25, 0.3) is 0 Å². The number of rotatable bonds is 3. The molecule has 1 saturated heterocycles. The summed E-state index contributed by atoms with van der Waals surface area (Å²) in [4.78, 5) is 2.41. The normalized spacial score (nSPS) is 32.1. The van der Waals surface area contributed by atoms with E-state index in [1.807, 2.05) is 0 Å². The van der Waals surface area contributed by atoms with Crippen molar-refractivity contribution in [2.75, 3.05) is 19.7 Å². The van der Waals surface area contributed by atoms with Crippen molar-refractivity contribution >= 4 is 0 Å². The lowest BCUT2D eigenvalue weighted by Gasteiger charge is -2.34. The molecule has 0 aromatic heterocycles. The van der Waals surface area contributed by atoms with E-state index in [2.05, 4.69) is 18.7 Å². The molecule has 3 nitrogen and oxygen atoms in total. The van der Waals surface area contributed by atoms with Crippen LogP contribution in [0, 0.1) is 5.92 Å². The molecule has 0 spiro atoms. The number of ether oxygens (including phenoxy) is 1. The van der Waals surface area contributed by atoms with Gasteiger partial charge in [-0.3, -0.25) is 4.90 Å². The second kappa shape index (κ2) is 5.03. The highest BCUT2D eigenvalue weighted by molar-refractivity contribution is 4.85. The third-order valence-electron chi connectivity index (χ3n) is 4.05. The smallest absolute Gasteiger partial charge is 0.116 e. The van der Waals surface area contributed by atoms with Crippen molar-refractivity contribution in [3.63, 3.8) is 0 Å². The van der Waals surface area contributed by atoms with Crippen LogP contribution in [0.1, 0.15) is 46.0 Å². The van der Waals surface area contributed by atoms with E-state index in [1.54, 1.807) is 0 Å². The highest BCUT2D eigenvalue weighted by Gasteiger charge is 2.39. The van der Waals surface area contributed by atoms with Crippen molar-refractivity contribution in [2.45, 2.75) is 57.8 Å². The predicted octanol–water partition coefficient (Wildman–Crippen LogP) is 2.00. The van der Waals surface area contributed by atoms with Gasteiger partial charge in [-0.25, -0.2) is 0 Å². The average molecular weight is 227 g/mol. The Balaban J connectivity index is 1.88. The van der Waals surface area contributed by atoms with Gasteiger partial charge >= 0.3 is 0 Å². The fourth-order valence-corrected chi connectivity index (χ4v) is 3.06. The van der Waals surface area contributed by atoms with Crippen LogP contribution in [0.4, 0.5) is 0 Å². The molecule has 16 heavy (non-hydrogen) atoms. The summed E-state index contributed by atoms with van der Waals surface area (Å²) in [6.45, 7) is 6.41. The first-order valence-corrected chi connectivity index (χ1v) is 6.65. The van der Waals surface area contributed by atoms with Gasteiger partial charge in [0.15, 0.2) is 0 Å². The Kier molecular flexibility index (Phi) is 3.88. The van der Waals surface area contributed by atoms with Crippen molar-refractivity contribution in [3.8, 4) is 0 Å². The molecule has 0 bridgehead atoms. The number of hydrogen-bond acceptors (Lipinski definition) is 3. The van der Waals surface area contributed by atoms with Crippen molar-refractivity contribution in [2.24, 2.45) is 5.92 Å². The predicted molar refractivity (Wildman–Crippen MR) is 64.2 cm³/mol. The maximum Gasteiger partial charge on any atom is 0.116 e. The quantitative estimate of drug-likeness (QED) is 0.800. The molecule has 2 fully saturated rings. The summed E-state index contributed by atoms with van der Waals surface area (Å²) >= 11 is 0. The standard InChI is InChI=1S/C13H25NO2/c1-13(2)14(9-12(10-15)16-13)8-11-6-4-3-5-7-11/h11-12,15H,3-10H2,1-2H3/t12-/m0/s1. The first-order valence-electron chi connectivity index (χ1n) is 6.65. The summed E-state index contributed by atoms with van der Waals surface area (Å²) in [6.07, 6.45) is 6.95. The van der Waals surface area contributed by atoms with E-state index in [1.165, 1.54) is 32.1 Å². The summed E-state index contributed by atoms with van der Waals surface area (Å²) in [7, 11) is 0. The van der Waals surface area contributed by atoms with Gasteiger partial charge < -0.3 is 9.84 Å². The Hall–Kier alpha value is -0.120. The highest BCUT2D eigenvalue weighted by Crippen LogP contribution is 2.31. The number of aliphatic hydroxyl groups is 1. The van der Waals surface area contributed by atoms with E-state index < -0.39 is 0 Å². The lowest BCUT2D eigenvalue weighted by molar-refractivity contribution is -0.0892. The fraction of sp³-hybridized carbons (Fsp3) is 1.00. The fourth-order valence-electron chi connectivity index (χ4n) is 3.06. The molecule has 0 aromatic rings. The van der Waals surface area contributed by atoms with Crippen LogP contribution in [0.15, 0.2) is 0 Å². The number of nitrogens with zero attached hydrogens (tertiary/aromatic N) is 1. The second-order valence-electron chi connectivity index (χ2n) is 5.78. The van der Waals surface area contributed by atoms with E-state index in [0.29, 0.717) is 0 Å². The zero-order valence-electron chi connectivity index (χ0n) is 10.6. The van der Waals surface area contributed by atoms with E-state index in [-0.39, 0.29) is 18.4 Å². The molecule has 0 aromatic carbocycles. The molecule has 0 unspecified atom stereocenters. The Morgan fingerprint density at radius 1 is 1.25 bits per heavy atom. The molecule has 2 aliphatic rings. The van der Waals surface area contributed by atoms with E-state index in [9.17, 15) is 5.11 Å². The molecule has 1 aliphatic carbocycles. The summed E-state index contributed by atoms with van der Waals surface area (Å²) in [6, 6.07) is 0. The lowest BCUT2D eigenvalue weighted by Crippen LogP contribution is -2.42. The summed E-state index contributed by atoms with van der Waals surface area (Å²) < 4.78 is 5.83. The van der Waals surface area contributed by atoms with Crippen LogP contribution in [0.3, 0.4) is 0 Å². The molecule has 1 atom stereocenters. The van der Waals surface area contributed by atoms with Gasteiger partial charge in [0.05, 0.1) is 12.7 Å². The van der Waals surface area contributed by atoms with E-state index in [0.717, 1.165) is 19.0 Å². The molecule has 1 aliphatic heterocycles.